The predicted octanol–water partition coefficient (Wildman–Crippen LogP) is 1.73. The van der Waals surface area contributed by atoms with E-state index >= 15 is 0 Å². The molecule has 3 amide bonds. The van der Waals surface area contributed by atoms with Crippen LogP contribution in [-0.2, 0) is 4.79 Å². The number of anilines is 1. The zero-order valence-corrected chi connectivity index (χ0v) is 12.9. The summed E-state index contributed by atoms with van der Waals surface area (Å²) in [6.45, 7) is 5.78. The summed E-state index contributed by atoms with van der Waals surface area (Å²) < 4.78 is 0. The number of nitrogens with one attached hydrogen (secondary N) is 2. The Morgan fingerprint density at radius 2 is 1.81 bits per heavy atom. The fourth-order valence-electron chi connectivity index (χ4n) is 1.76. The van der Waals surface area contributed by atoms with Crippen molar-refractivity contribution >= 4 is 17.6 Å². The molecule has 0 aliphatic rings. The van der Waals surface area contributed by atoms with Gasteiger partial charge in [0.25, 0.3) is 0 Å². The number of carbonyl (C=O) groups is 2. The van der Waals surface area contributed by atoms with E-state index < -0.39 is 18.2 Å². The van der Waals surface area contributed by atoms with Gasteiger partial charge in [0.1, 0.15) is 6.04 Å². The van der Waals surface area contributed by atoms with Gasteiger partial charge in [0.05, 0.1) is 6.10 Å². The Labute approximate surface area is 125 Å². The predicted molar refractivity (Wildman–Crippen MR) is 82.0 cm³/mol. The number of nitrogens with zero attached hydrogens (tertiary/aromatic N) is 1. The largest absolute Gasteiger partial charge is 0.389 e. The van der Waals surface area contributed by atoms with E-state index in [9.17, 15) is 14.7 Å². The molecular weight excluding hydrogens is 270 g/mol. The first kappa shape index (κ1) is 17.0. The molecule has 1 rings (SSSR count). The fourth-order valence-corrected chi connectivity index (χ4v) is 1.76. The standard InChI is InChI=1S/C15H23N3O3/c1-5-18(4)14(20)10(2)16-15(21)17-13-8-6-12(7-9-13)11(3)19/h6-11,19H,5H2,1-4H3,(H2,16,17,21). The van der Waals surface area contributed by atoms with Crippen LogP contribution in [0, 0.1) is 0 Å². The molecule has 0 aliphatic heterocycles. The van der Waals surface area contributed by atoms with Crippen molar-refractivity contribution in [2.45, 2.75) is 32.9 Å². The van der Waals surface area contributed by atoms with Crippen LogP contribution in [0.1, 0.15) is 32.4 Å². The lowest BCUT2D eigenvalue weighted by atomic mass is 10.1. The van der Waals surface area contributed by atoms with Crippen LogP contribution < -0.4 is 10.6 Å². The Kier molecular flexibility index (Phi) is 6.17. The molecule has 0 saturated carbocycles. The lowest BCUT2D eigenvalue weighted by Gasteiger charge is -2.20. The van der Waals surface area contributed by atoms with Gasteiger partial charge >= 0.3 is 6.03 Å². The second kappa shape index (κ2) is 7.64. The van der Waals surface area contributed by atoms with Gasteiger partial charge in [-0.1, -0.05) is 12.1 Å². The molecule has 0 bridgehead atoms. The van der Waals surface area contributed by atoms with Crippen LogP contribution in [-0.4, -0.2) is 41.6 Å². The summed E-state index contributed by atoms with van der Waals surface area (Å²) in [6.07, 6.45) is -0.546. The molecule has 3 N–H and O–H groups in total. The Balaban J connectivity index is 2.55. The molecule has 2 atom stereocenters. The van der Waals surface area contributed by atoms with Crippen molar-refractivity contribution in [1.82, 2.24) is 10.2 Å². The summed E-state index contributed by atoms with van der Waals surface area (Å²) in [5.74, 6) is -0.142. The van der Waals surface area contributed by atoms with Gasteiger partial charge in [0.2, 0.25) is 5.91 Å². The molecule has 1 aromatic rings. The first-order valence-corrected chi connectivity index (χ1v) is 6.95. The Hall–Kier alpha value is -2.08. The van der Waals surface area contributed by atoms with Gasteiger partial charge < -0.3 is 20.6 Å². The van der Waals surface area contributed by atoms with Gasteiger partial charge in [-0.25, -0.2) is 4.79 Å². The minimum absolute atomic E-state index is 0.142. The quantitative estimate of drug-likeness (QED) is 0.773. The normalized spacial score (nSPS) is 13.2. The van der Waals surface area contributed by atoms with Gasteiger partial charge in [0, 0.05) is 19.3 Å². The van der Waals surface area contributed by atoms with Crippen molar-refractivity contribution in [3.63, 3.8) is 0 Å². The van der Waals surface area contributed by atoms with Crippen LogP contribution in [0.2, 0.25) is 0 Å². The average molecular weight is 293 g/mol. The summed E-state index contributed by atoms with van der Waals surface area (Å²) >= 11 is 0. The van der Waals surface area contributed by atoms with Crippen LogP contribution in [0.4, 0.5) is 10.5 Å². The number of hydrogen-bond acceptors (Lipinski definition) is 3. The number of likely N-dealkylation sites (N-methyl/N-ethyl adjacent to an activating group) is 1. The van der Waals surface area contributed by atoms with Gasteiger partial charge in [-0.3, -0.25) is 4.79 Å². The summed E-state index contributed by atoms with van der Waals surface area (Å²) in [5, 5.41) is 14.6. The summed E-state index contributed by atoms with van der Waals surface area (Å²) in [5.41, 5.74) is 1.37. The number of benzene rings is 1. The maximum atomic E-state index is 11.8. The maximum Gasteiger partial charge on any atom is 0.319 e. The molecule has 6 heteroatoms. The third kappa shape index (κ3) is 5.07. The fraction of sp³-hybridized carbons (Fsp3) is 0.467. The van der Waals surface area contributed by atoms with Crippen molar-refractivity contribution in [3.05, 3.63) is 29.8 Å². The van der Waals surface area contributed by atoms with E-state index in [1.807, 2.05) is 6.92 Å². The molecule has 2 unspecified atom stereocenters. The Morgan fingerprint density at radius 3 is 2.29 bits per heavy atom. The molecule has 0 radical (unpaired) electrons. The second-order valence-corrected chi connectivity index (χ2v) is 4.97. The number of hydrogen-bond donors (Lipinski definition) is 3. The van der Waals surface area contributed by atoms with E-state index in [1.54, 1.807) is 50.1 Å². The van der Waals surface area contributed by atoms with Crippen LogP contribution in [0.3, 0.4) is 0 Å². The van der Waals surface area contributed by atoms with Crippen LogP contribution in [0.5, 0.6) is 0 Å². The molecule has 0 fully saturated rings. The van der Waals surface area contributed by atoms with Crippen molar-refractivity contribution in [1.29, 1.82) is 0 Å². The molecule has 0 heterocycles. The lowest BCUT2D eigenvalue weighted by Crippen LogP contribution is -2.46. The van der Waals surface area contributed by atoms with E-state index in [4.69, 9.17) is 0 Å². The van der Waals surface area contributed by atoms with Crippen LogP contribution in [0.15, 0.2) is 24.3 Å². The van der Waals surface area contributed by atoms with Crippen molar-refractivity contribution in [2.75, 3.05) is 18.9 Å². The van der Waals surface area contributed by atoms with E-state index in [0.29, 0.717) is 12.2 Å². The zero-order valence-electron chi connectivity index (χ0n) is 12.9. The van der Waals surface area contributed by atoms with Crippen LogP contribution in [0.25, 0.3) is 0 Å². The molecule has 0 aromatic heterocycles. The number of carbonyl (C=O) groups excluding carboxylic acids is 2. The lowest BCUT2D eigenvalue weighted by molar-refractivity contribution is -0.131. The van der Waals surface area contributed by atoms with Crippen molar-refractivity contribution in [2.24, 2.45) is 0 Å². The second-order valence-electron chi connectivity index (χ2n) is 4.97. The molecule has 1 aromatic carbocycles. The third-order valence-corrected chi connectivity index (χ3v) is 3.22. The number of aliphatic hydroxyl groups is 1. The smallest absolute Gasteiger partial charge is 0.319 e. The van der Waals surface area contributed by atoms with Crippen LogP contribution >= 0.6 is 0 Å². The average Bonchev–Trinajstić information content (AvgIpc) is 2.45. The van der Waals surface area contributed by atoms with Gasteiger partial charge in [-0.15, -0.1) is 0 Å². The van der Waals surface area contributed by atoms with Crippen molar-refractivity contribution < 1.29 is 14.7 Å². The monoisotopic (exact) mass is 293 g/mol. The topological polar surface area (TPSA) is 81.7 Å². The van der Waals surface area contributed by atoms with Gasteiger partial charge in [-0.05, 0) is 38.5 Å². The van der Waals surface area contributed by atoms with E-state index in [-0.39, 0.29) is 5.91 Å². The first-order chi connectivity index (χ1) is 9.85. The Morgan fingerprint density at radius 1 is 1.24 bits per heavy atom. The number of aliphatic hydroxyl groups excluding tert-OH is 1. The third-order valence-electron chi connectivity index (χ3n) is 3.22. The van der Waals surface area contributed by atoms with E-state index in [2.05, 4.69) is 10.6 Å². The summed E-state index contributed by atoms with van der Waals surface area (Å²) in [6, 6.07) is 5.84. The van der Waals surface area contributed by atoms with E-state index in [1.165, 1.54) is 0 Å². The van der Waals surface area contributed by atoms with Gasteiger partial charge in [-0.2, -0.15) is 0 Å². The molecule has 0 saturated heterocycles. The SMILES string of the molecule is CCN(C)C(=O)C(C)NC(=O)Nc1ccc(C(C)O)cc1. The highest BCUT2D eigenvalue weighted by atomic mass is 16.3. The van der Waals surface area contributed by atoms with Crippen molar-refractivity contribution in [3.8, 4) is 0 Å². The molecule has 116 valence electrons. The zero-order chi connectivity index (χ0) is 16.0. The Bertz CT molecular complexity index is 485. The number of amides is 3. The van der Waals surface area contributed by atoms with E-state index in [0.717, 1.165) is 5.56 Å². The molecule has 21 heavy (non-hydrogen) atoms. The highest BCUT2D eigenvalue weighted by Crippen LogP contribution is 2.15. The molecule has 0 aliphatic carbocycles. The molecule has 0 spiro atoms. The molecular formula is C15H23N3O3. The first-order valence-electron chi connectivity index (χ1n) is 6.95. The maximum absolute atomic E-state index is 11.8. The minimum Gasteiger partial charge on any atom is -0.389 e. The summed E-state index contributed by atoms with van der Waals surface area (Å²) in [4.78, 5) is 25.2. The van der Waals surface area contributed by atoms with Gasteiger partial charge in [0.15, 0.2) is 0 Å². The minimum atomic E-state index is -0.591. The highest BCUT2D eigenvalue weighted by Gasteiger charge is 2.18. The highest BCUT2D eigenvalue weighted by molar-refractivity contribution is 5.93. The summed E-state index contributed by atoms with van der Waals surface area (Å²) in [7, 11) is 1.69. The number of urea groups is 1. The molecule has 6 nitrogen and oxygen atoms in total. The number of rotatable bonds is 5.